The average Bonchev–Trinajstić information content (AvgIpc) is 2.81. The van der Waals surface area contributed by atoms with Crippen LogP contribution in [0.25, 0.3) is 6.08 Å². The van der Waals surface area contributed by atoms with E-state index in [2.05, 4.69) is 0 Å². The second-order valence-corrected chi connectivity index (χ2v) is 6.96. The van der Waals surface area contributed by atoms with Crippen molar-refractivity contribution in [3.05, 3.63) is 74.1 Å². The summed E-state index contributed by atoms with van der Waals surface area (Å²) in [4.78, 5) is 24.7. The normalized spacial score (nSPS) is 16.0. The van der Waals surface area contributed by atoms with Crippen LogP contribution >= 0.6 is 35.6 Å². The van der Waals surface area contributed by atoms with Gasteiger partial charge in [0.25, 0.3) is 11.6 Å². The summed E-state index contributed by atoms with van der Waals surface area (Å²) in [5, 5.41) is 11.3. The fourth-order valence-corrected chi connectivity index (χ4v) is 3.66. The van der Waals surface area contributed by atoms with Crippen molar-refractivity contribution in [3.8, 4) is 0 Å². The van der Waals surface area contributed by atoms with Crippen LogP contribution < -0.4 is 4.90 Å². The standard InChI is InChI=1S/C16H9ClN2O3S2/c17-11-3-1-2-10(8-11)9-14-15(20)18(16(23)24-14)12-4-6-13(7-5-12)19(21)22/h1-9H/b14-9-. The molecule has 1 aliphatic heterocycles. The molecule has 0 radical (unpaired) electrons. The zero-order chi connectivity index (χ0) is 17.3. The minimum absolute atomic E-state index is 0.0429. The van der Waals surface area contributed by atoms with Crippen molar-refractivity contribution in [2.24, 2.45) is 0 Å². The quantitative estimate of drug-likeness (QED) is 0.337. The molecule has 2 aromatic carbocycles. The maximum Gasteiger partial charge on any atom is 0.270 e. The van der Waals surface area contributed by atoms with E-state index in [0.717, 1.165) is 5.56 Å². The smallest absolute Gasteiger partial charge is 0.268 e. The molecule has 0 aliphatic carbocycles. The predicted molar refractivity (Wildman–Crippen MR) is 100 cm³/mol. The highest BCUT2D eigenvalue weighted by Gasteiger charge is 2.33. The fraction of sp³-hybridized carbons (Fsp3) is 0. The fourth-order valence-electron chi connectivity index (χ4n) is 2.16. The van der Waals surface area contributed by atoms with Gasteiger partial charge >= 0.3 is 0 Å². The molecule has 24 heavy (non-hydrogen) atoms. The molecule has 3 rings (SSSR count). The van der Waals surface area contributed by atoms with E-state index in [1.165, 1.54) is 40.9 Å². The third-order valence-electron chi connectivity index (χ3n) is 3.26. The van der Waals surface area contributed by atoms with Crippen molar-refractivity contribution in [2.45, 2.75) is 0 Å². The highest BCUT2D eigenvalue weighted by molar-refractivity contribution is 8.27. The number of nitro benzene ring substituents is 1. The molecule has 8 heteroatoms. The molecule has 1 amide bonds. The number of anilines is 1. The Bertz CT molecular complexity index is 881. The van der Waals surface area contributed by atoms with E-state index < -0.39 is 4.92 Å². The highest BCUT2D eigenvalue weighted by atomic mass is 35.5. The number of amides is 1. The maximum absolute atomic E-state index is 12.6. The Morgan fingerprint density at radius 1 is 1.21 bits per heavy atom. The molecular formula is C16H9ClN2O3S2. The number of carbonyl (C=O) groups is 1. The molecule has 1 aliphatic rings. The van der Waals surface area contributed by atoms with Gasteiger partial charge in [-0.05, 0) is 35.9 Å². The van der Waals surface area contributed by atoms with Crippen molar-refractivity contribution >= 4 is 63.3 Å². The van der Waals surface area contributed by atoms with Crippen LogP contribution in [-0.4, -0.2) is 15.2 Å². The van der Waals surface area contributed by atoms with Gasteiger partial charge in [-0.2, -0.15) is 0 Å². The van der Waals surface area contributed by atoms with Crippen molar-refractivity contribution in [1.82, 2.24) is 0 Å². The first kappa shape index (κ1) is 16.6. The first-order chi connectivity index (χ1) is 11.5. The number of nitrogens with zero attached hydrogens (tertiary/aromatic N) is 2. The van der Waals surface area contributed by atoms with Crippen LogP contribution in [0.15, 0.2) is 53.4 Å². The molecule has 0 N–H and O–H groups in total. The van der Waals surface area contributed by atoms with Crippen LogP contribution in [0, 0.1) is 10.1 Å². The van der Waals surface area contributed by atoms with Gasteiger partial charge in [0.05, 0.1) is 15.5 Å². The second-order valence-electron chi connectivity index (χ2n) is 4.85. The largest absolute Gasteiger partial charge is 0.270 e. The molecule has 0 aromatic heterocycles. The third kappa shape index (κ3) is 3.33. The van der Waals surface area contributed by atoms with E-state index in [1.807, 2.05) is 6.07 Å². The van der Waals surface area contributed by atoms with Gasteiger partial charge in [0.1, 0.15) is 0 Å². The molecule has 0 spiro atoms. The van der Waals surface area contributed by atoms with Gasteiger partial charge in [-0.25, -0.2) is 0 Å². The molecule has 120 valence electrons. The molecule has 5 nitrogen and oxygen atoms in total. The molecule has 1 saturated heterocycles. The van der Waals surface area contributed by atoms with E-state index in [1.54, 1.807) is 24.3 Å². The van der Waals surface area contributed by atoms with Crippen LogP contribution in [0.5, 0.6) is 0 Å². The maximum atomic E-state index is 12.6. The molecule has 1 heterocycles. The van der Waals surface area contributed by atoms with Gasteiger partial charge in [-0.1, -0.05) is 47.7 Å². The van der Waals surface area contributed by atoms with Crippen molar-refractivity contribution in [3.63, 3.8) is 0 Å². The number of hydrogen-bond acceptors (Lipinski definition) is 5. The zero-order valence-corrected chi connectivity index (χ0v) is 14.4. The highest BCUT2D eigenvalue weighted by Crippen LogP contribution is 2.36. The average molecular weight is 377 g/mol. The molecular weight excluding hydrogens is 368 g/mol. The number of nitro groups is 1. The Kier molecular flexibility index (Phi) is 4.66. The first-order valence-corrected chi connectivity index (χ1v) is 8.34. The monoisotopic (exact) mass is 376 g/mol. The van der Waals surface area contributed by atoms with Crippen molar-refractivity contribution in [1.29, 1.82) is 0 Å². The van der Waals surface area contributed by atoms with Gasteiger partial charge in [-0.3, -0.25) is 19.8 Å². The van der Waals surface area contributed by atoms with Gasteiger partial charge in [0, 0.05) is 17.2 Å². The van der Waals surface area contributed by atoms with E-state index in [-0.39, 0.29) is 11.6 Å². The van der Waals surface area contributed by atoms with Crippen LogP contribution in [-0.2, 0) is 4.79 Å². The second kappa shape index (κ2) is 6.72. The number of rotatable bonds is 3. The topological polar surface area (TPSA) is 63.5 Å². The van der Waals surface area contributed by atoms with Gasteiger partial charge in [-0.15, -0.1) is 0 Å². The first-order valence-electron chi connectivity index (χ1n) is 6.74. The number of hydrogen-bond donors (Lipinski definition) is 0. The number of halogens is 1. The summed E-state index contributed by atoms with van der Waals surface area (Å²) >= 11 is 12.4. The Hall–Kier alpha value is -2.22. The lowest BCUT2D eigenvalue weighted by molar-refractivity contribution is -0.384. The van der Waals surface area contributed by atoms with E-state index in [4.69, 9.17) is 23.8 Å². The van der Waals surface area contributed by atoms with E-state index in [9.17, 15) is 14.9 Å². The van der Waals surface area contributed by atoms with Gasteiger partial charge < -0.3 is 0 Å². The molecule has 0 unspecified atom stereocenters. The van der Waals surface area contributed by atoms with Crippen molar-refractivity contribution < 1.29 is 9.72 Å². The SMILES string of the molecule is O=C1/C(=C/c2cccc(Cl)c2)SC(=S)N1c1ccc([N+](=O)[O-])cc1. The number of benzene rings is 2. The van der Waals surface area contributed by atoms with Crippen LogP contribution in [0.4, 0.5) is 11.4 Å². The third-order valence-corrected chi connectivity index (χ3v) is 4.80. The molecule has 0 bridgehead atoms. The summed E-state index contributed by atoms with van der Waals surface area (Å²) < 4.78 is 0.377. The molecule has 2 aromatic rings. The number of thioether (sulfide) groups is 1. The Balaban J connectivity index is 1.90. The summed E-state index contributed by atoms with van der Waals surface area (Å²) in [5.74, 6) is -0.265. The van der Waals surface area contributed by atoms with Gasteiger partial charge in [0.15, 0.2) is 4.32 Å². The minimum Gasteiger partial charge on any atom is -0.268 e. The number of carbonyl (C=O) groups excluding carboxylic acids is 1. The molecule has 1 fully saturated rings. The lowest BCUT2D eigenvalue weighted by Crippen LogP contribution is -2.27. The zero-order valence-electron chi connectivity index (χ0n) is 12.0. The number of non-ortho nitro benzene ring substituents is 1. The summed E-state index contributed by atoms with van der Waals surface area (Å²) in [6, 6.07) is 12.8. The Morgan fingerprint density at radius 2 is 1.92 bits per heavy atom. The molecule has 0 saturated carbocycles. The molecule has 0 atom stereocenters. The lowest BCUT2D eigenvalue weighted by Gasteiger charge is -2.13. The summed E-state index contributed by atoms with van der Waals surface area (Å²) in [6.45, 7) is 0. The lowest BCUT2D eigenvalue weighted by atomic mass is 10.2. The van der Waals surface area contributed by atoms with Crippen LogP contribution in [0.3, 0.4) is 0 Å². The van der Waals surface area contributed by atoms with E-state index >= 15 is 0 Å². The summed E-state index contributed by atoms with van der Waals surface area (Å²) in [6.07, 6.45) is 1.72. The Labute approximate surface area is 152 Å². The number of thiocarbonyl (C=S) groups is 1. The summed E-state index contributed by atoms with van der Waals surface area (Å²) in [5.41, 5.74) is 1.25. The van der Waals surface area contributed by atoms with E-state index in [0.29, 0.717) is 19.9 Å². The summed E-state index contributed by atoms with van der Waals surface area (Å²) in [7, 11) is 0. The van der Waals surface area contributed by atoms with Gasteiger partial charge in [0.2, 0.25) is 0 Å². The van der Waals surface area contributed by atoms with Crippen molar-refractivity contribution in [2.75, 3.05) is 4.90 Å². The minimum atomic E-state index is -0.493. The van der Waals surface area contributed by atoms with Crippen LogP contribution in [0.2, 0.25) is 5.02 Å². The predicted octanol–water partition coefficient (Wildman–Crippen LogP) is 4.65. The Morgan fingerprint density at radius 3 is 2.54 bits per heavy atom. The van der Waals surface area contributed by atoms with Crippen LogP contribution in [0.1, 0.15) is 5.56 Å².